The highest BCUT2D eigenvalue weighted by Gasteiger charge is 2.24. The molecule has 0 unspecified atom stereocenters. The van der Waals surface area contributed by atoms with E-state index in [1.165, 1.54) is 0 Å². The molecule has 0 radical (unpaired) electrons. The van der Waals surface area contributed by atoms with Crippen LogP contribution >= 0.6 is 23.2 Å². The Morgan fingerprint density at radius 1 is 1.00 bits per heavy atom. The topological polar surface area (TPSA) is 51.8 Å². The molecule has 4 nitrogen and oxygen atoms in total. The van der Waals surface area contributed by atoms with E-state index in [4.69, 9.17) is 32.4 Å². The minimum atomic E-state index is -0.540. The first-order chi connectivity index (χ1) is 13.0. The third kappa shape index (κ3) is 3.68. The zero-order valence-corrected chi connectivity index (χ0v) is 15.7. The van der Waals surface area contributed by atoms with Gasteiger partial charge in [-0.15, -0.1) is 0 Å². The summed E-state index contributed by atoms with van der Waals surface area (Å²) in [6.45, 7) is 1.94. The molecule has 0 aliphatic carbocycles. The van der Waals surface area contributed by atoms with E-state index in [1.54, 1.807) is 36.4 Å². The second-order valence-electron chi connectivity index (χ2n) is 6.01. The van der Waals surface area contributed by atoms with Crippen LogP contribution in [0.1, 0.15) is 16.9 Å². The predicted octanol–water partition coefficient (Wildman–Crippen LogP) is 5.91. The number of halogens is 2. The van der Waals surface area contributed by atoms with Gasteiger partial charge in [0.15, 0.2) is 5.70 Å². The number of rotatable bonds is 3. The molecule has 0 saturated heterocycles. The Bertz CT molecular complexity index is 1110. The van der Waals surface area contributed by atoms with Gasteiger partial charge in [0.05, 0.1) is 0 Å². The van der Waals surface area contributed by atoms with Crippen molar-refractivity contribution < 1.29 is 13.9 Å². The Morgan fingerprint density at radius 2 is 1.85 bits per heavy atom. The highest BCUT2D eigenvalue weighted by molar-refractivity contribution is 6.31. The Balaban J connectivity index is 1.63. The van der Waals surface area contributed by atoms with E-state index >= 15 is 0 Å². The second-order valence-corrected chi connectivity index (χ2v) is 6.86. The Morgan fingerprint density at radius 3 is 2.63 bits per heavy atom. The van der Waals surface area contributed by atoms with Crippen molar-refractivity contribution in [3.05, 3.63) is 87.2 Å². The Labute approximate surface area is 165 Å². The largest absolute Gasteiger partial charge is 0.457 e. The predicted molar refractivity (Wildman–Crippen MR) is 106 cm³/mol. The molecule has 2 heterocycles. The van der Waals surface area contributed by atoms with Crippen LogP contribution in [-0.2, 0) is 9.53 Å². The Kier molecular flexibility index (Phi) is 4.60. The van der Waals surface area contributed by atoms with Crippen LogP contribution in [0.4, 0.5) is 0 Å². The van der Waals surface area contributed by atoms with Crippen LogP contribution < -0.4 is 0 Å². The zero-order valence-electron chi connectivity index (χ0n) is 14.2. The van der Waals surface area contributed by atoms with Crippen LogP contribution in [0.25, 0.3) is 17.4 Å². The van der Waals surface area contributed by atoms with Crippen molar-refractivity contribution in [2.24, 2.45) is 4.99 Å². The zero-order chi connectivity index (χ0) is 19.0. The molecule has 0 amide bonds. The molecule has 0 atom stereocenters. The summed E-state index contributed by atoms with van der Waals surface area (Å²) in [7, 11) is 0. The van der Waals surface area contributed by atoms with Crippen molar-refractivity contribution in [1.82, 2.24) is 0 Å². The summed E-state index contributed by atoms with van der Waals surface area (Å²) in [5.41, 5.74) is 2.64. The first kappa shape index (κ1) is 17.6. The highest BCUT2D eigenvalue weighted by atomic mass is 35.5. The van der Waals surface area contributed by atoms with Gasteiger partial charge in [-0.3, -0.25) is 0 Å². The van der Waals surface area contributed by atoms with Gasteiger partial charge in [0.2, 0.25) is 5.90 Å². The number of hydrogen-bond donors (Lipinski definition) is 0. The maximum absolute atomic E-state index is 12.1. The summed E-state index contributed by atoms with van der Waals surface area (Å²) in [6, 6.07) is 16.2. The van der Waals surface area contributed by atoms with Crippen LogP contribution in [0.5, 0.6) is 0 Å². The number of aryl methyl sites for hydroxylation is 1. The molecule has 1 aliphatic rings. The van der Waals surface area contributed by atoms with Crippen molar-refractivity contribution in [3.63, 3.8) is 0 Å². The van der Waals surface area contributed by atoms with Gasteiger partial charge in [-0.25, -0.2) is 9.79 Å². The third-order valence-corrected chi connectivity index (χ3v) is 4.70. The van der Waals surface area contributed by atoms with Gasteiger partial charge in [0.1, 0.15) is 11.5 Å². The van der Waals surface area contributed by atoms with Crippen molar-refractivity contribution in [3.8, 4) is 11.3 Å². The van der Waals surface area contributed by atoms with E-state index in [2.05, 4.69) is 4.99 Å². The number of aliphatic imine (C=N–C) groups is 1. The van der Waals surface area contributed by atoms with Crippen LogP contribution in [0.2, 0.25) is 10.0 Å². The van der Waals surface area contributed by atoms with E-state index in [0.717, 1.165) is 11.1 Å². The average molecular weight is 398 g/mol. The maximum atomic E-state index is 12.1. The first-order valence-corrected chi connectivity index (χ1v) is 8.90. The summed E-state index contributed by atoms with van der Waals surface area (Å²) >= 11 is 12.1. The second kappa shape index (κ2) is 7.06. The van der Waals surface area contributed by atoms with Crippen LogP contribution in [-0.4, -0.2) is 11.9 Å². The number of cyclic esters (lactones) is 1. The molecule has 0 N–H and O–H groups in total. The molecular formula is C21H13Cl2NO3. The summed E-state index contributed by atoms with van der Waals surface area (Å²) in [6.07, 6.45) is 1.54. The lowest BCUT2D eigenvalue weighted by Gasteiger charge is -2.00. The smallest absolute Gasteiger partial charge is 0.363 e. The molecule has 0 saturated carbocycles. The molecule has 0 bridgehead atoms. The molecule has 3 aromatic rings. The molecule has 27 heavy (non-hydrogen) atoms. The molecule has 6 heteroatoms. The van der Waals surface area contributed by atoms with Crippen molar-refractivity contribution >= 4 is 41.1 Å². The summed E-state index contributed by atoms with van der Waals surface area (Å²) in [4.78, 5) is 16.4. The van der Waals surface area contributed by atoms with Gasteiger partial charge in [0.25, 0.3) is 0 Å². The van der Waals surface area contributed by atoms with Crippen LogP contribution in [0.15, 0.2) is 69.7 Å². The molecule has 0 spiro atoms. The van der Waals surface area contributed by atoms with E-state index in [1.807, 2.05) is 31.2 Å². The fourth-order valence-corrected chi connectivity index (χ4v) is 2.99. The number of hydrogen-bond acceptors (Lipinski definition) is 4. The SMILES string of the molecule is Cc1ccc(-c2ccc(C=C3N=C(c4cccc(Cl)c4)OC3=O)o2)cc1Cl. The van der Waals surface area contributed by atoms with Crippen LogP contribution in [0, 0.1) is 6.92 Å². The number of esters is 1. The number of nitrogens with zero attached hydrogens (tertiary/aromatic N) is 1. The van der Waals surface area contributed by atoms with Crippen molar-refractivity contribution in [2.75, 3.05) is 0 Å². The minimum absolute atomic E-state index is 0.160. The van der Waals surface area contributed by atoms with Gasteiger partial charge in [-0.1, -0.05) is 41.4 Å². The molecular weight excluding hydrogens is 385 g/mol. The molecule has 2 aromatic carbocycles. The first-order valence-electron chi connectivity index (χ1n) is 8.14. The van der Waals surface area contributed by atoms with Gasteiger partial charge < -0.3 is 9.15 Å². The third-order valence-electron chi connectivity index (χ3n) is 4.05. The van der Waals surface area contributed by atoms with Gasteiger partial charge >= 0.3 is 5.97 Å². The standard InChI is InChI=1S/C21H13Cl2NO3/c1-12-5-6-13(10-17(12)23)19-8-7-16(26-19)11-18-21(25)27-20(24-18)14-3-2-4-15(22)9-14/h2-11H,1H3. The van der Waals surface area contributed by atoms with Crippen molar-refractivity contribution in [1.29, 1.82) is 0 Å². The van der Waals surface area contributed by atoms with E-state index in [0.29, 0.717) is 27.1 Å². The van der Waals surface area contributed by atoms with Crippen molar-refractivity contribution in [2.45, 2.75) is 6.92 Å². The fourth-order valence-electron chi connectivity index (χ4n) is 2.62. The Hall–Kier alpha value is -2.82. The van der Waals surface area contributed by atoms with E-state index < -0.39 is 5.97 Å². The fraction of sp³-hybridized carbons (Fsp3) is 0.0476. The van der Waals surface area contributed by atoms with Crippen LogP contribution in [0.3, 0.4) is 0 Å². The number of carbonyl (C=O) groups excluding carboxylic acids is 1. The number of furan rings is 1. The van der Waals surface area contributed by atoms with Gasteiger partial charge in [-0.05, 0) is 48.9 Å². The summed E-state index contributed by atoms with van der Waals surface area (Å²) in [5, 5.41) is 1.20. The maximum Gasteiger partial charge on any atom is 0.363 e. The van der Waals surface area contributed by atoms with E-state index in [9.17, 15) is 4.79 Å². The molecule has 134 valence electrons. The number of benzene rings is 2. The highest BCUT2D eigenvalue weighted by Crippen LogP contribution is 2.28. The summed E-state index contributed by atoms with van der Waals surface area (Å²) in [5.74, 6) is 0.811. The monoisotopic (exact) mass is 397 g/mol. The lowest BCUT2D eigenvalue weighted by Crippen LogP contribution is -2.05. The molecule has 1 aliphatic heterocycles. The normalized spacial score (nSPS) is 15.1. The van der Waals surface area contributed by atoms with Gasteiger partial charge in [0, 0.05) is 27.2 Å². The van der Waals surface area contributed by atoms with E-state index in [-0.39, 0.29) is 11.6 Å². The van der Waals surface area contributed by atoms with Gasteiger partial charge in [-0.2, -0.15) is 0 Å². The summed E-state index contributed by atoms with van der Waals surface area (Å²) < 4.78 is 11.0. The lowest BCUT2D eigenvalue weighted by molar-refractivity contribution is -0.129. The average Bonchev–Trinajstić information content (AvgIpc) is 3.25. The number of carbonyl (C=O) groups is 1. The molecule has 1 aromatic heterocycles. The molecule has 0 fully saturated rings. The molecule has 4 rings (SSSR count). The lowest BCUT2D eigenvalue weighted by atomic mass is 10.1. The number of ether oxygens (including phenoxy) is 1. The minimum Gasteiger partial charge on any atom is -0.457 e. The quantitative estimate of drug-likeness (QED) is 0.407.